The third-order valence-corrected chi connectivity index (χ3v) is 3.23. The normalized spacial score (nSPS) is 21.3. The van der Waals surface area contributed by atoms with Crippen LogP contribution in [0.1, 0.15) is 24.1 Å². The summed E-state index contributed by atoms with van der Waals surface area (Å²) in [5.41, 5.74) is 5.56. The maximum absolute atomic E-state index is 5.56. The molecule has 1 atom stereocenters. The number of nitrogens with two attached hydrogens (primary N) is 1. The predicted molar refractivity (Wildman–Crippen MR) is 60.1 cm³/mol. The maximum atomic E-state index is 5.56. The number of aromatic nitrogens is 1. The number of nitrogens with one attached hydrogen (secondary N) is 1. The SMILES string of the molecule is Nc1ncc(CNC2CC=CCC2)s1. The van der Waals surface area contributed by atoms with Crippen molar-refractivity contribution in [3.8, 4) is 0 Å². The zero-order valence-corrected chi connectivity index (χ0v) is 8.89. The van der Waals surface area contributed by atoms with E-state index in [0.29, 0.717) is 11.2 Å². The van der Waals surface area contributed by atoms with E-state index in [2.05, 4.69) is 22.5 Å². The highest BCUT2D eigenvalue weighted by Gasteiger charge is 2.09. The highest BCUT2D eigenvalue weighted by Crippen LogP contribution is 2.16. The summed E-state index contributed by atoms with van der Waals surface area (Å²) in [7, 11) is 0. The van der Waals surface area contributed by atoms with Crippen LogP contribution in [0.15, 0.2) is 18.3 Å². The van der Waals surface area contributed by atoms with E-state index in [9.17, 15) is 0 Å². The fourth-order valence-electron chi connectivity index (χ4n) is 1.63. The molecule has 0 amide bonds. The molecular weight excluding hydrogens is 194 g/mol. The van der Waals surface area contributed by atoms with Crippen molar-refractivity contribution in [3.05, 3.63) is 23.2 Å². The van der Waals surface area contributed by atoms with Gasteiger partial charge >= 0.3 is 0 Å². The summed E-state index contributed by atoms with van der Waals surface area (Å²) in [5, 5.41) is 4.17. The van der Waals surface area contributed by atoms with Crippen LogP contribution >= 0.6 is 11.3 Å². The Morgan fingerprint density at radius 1 is 1.57 bits per heavy atom. The summed E-state index contributed by atoms with van der Waals surface area (Å²) in [4.78, 5) is 5.24. The molecule has 3 N–H and O–H groups in total. The van der Waals surface area contributed by atoms with Gasteiger partial charge in [0.2, 0.25) is 0 Å². The van der Waals surface area contributed by atoms with E-state index in [0.717, 1.165) is 13.0 Å². The number of rotatable bonds is 3. The molecule has 0 bridgehead atoms. The van der Waals surface area contributed by atoms with E-state index in [1.165, 1.54) is 17.7 Å². The highest BCUT2D eigenvalue weighted by molar-refractivity contribution is 7.15. The number of anilines is 1. The lowest BCUT2D eigenvalue weighted by molar-refractivity contribution is 0.476. The maximum Gasteiger partial charge on any atom is 0.180 e. The molecule has 1 aliphatic carbocycles. The first-order valence-corrected chi connectivity index (χ1v) is 5.75. The Kier molecular flexibility index (Phi) is 3.16. The minimum Gasteiger partial charge on any atom is -0.375 e. The Morgan fingerprint density at radius 3 is 3.14 bits per heavy atom. The number of nitrogens with zero attached hydrogens (tertiary/aromatic N) is 1. The third kappa shape index (κ3) is 2.56. The molecule has 0 radical (unpaired) electrons. The van der Waals surface area contributed by atoms with Gasteiger partial charge in [0.05, 0.1) is 0 Å². The Bertz CT molecular complexity index is 319. The first-order chi connectivity index (χ1) is 6.84. The van der Waals surface area contributed by atoms with Crippen molar-refractivity contribution in [3.63, 3.8) is 0 Å². The second-order valence-electron chi connectivity index (χ2n) is 3.53. The Morgan fingerprint density at radius 2 is 2.50 bits per heavy atom. The van der Waals surface area contributed by atoms with Crippen LogP contribution < -0.4 is 11.1 Å². The standard InChI is InChI=1S/C10H15N3S/c11-10-13-7-9(14-10)6-12-8-4-2-1-3-5-8/h1-2,7-8,12H,3-6H2,(H2,11,13). The minimum atomic E-state index is 0.628. The molecular formula is C10H15N3S. The van der Waals surface area contributed by atoms with Gasteiger partial charge < -0.3 is 11.1 Å². The van der Waals surface area contributed by atoms with Crippen molar-refractivity contribution in [1.82, 2.24) is 10.3 Å². The molecule has 0 saturated heterocycles. The molecule has 0 spiro atoms. The molecule has 0 aromatic carbocycles. The molecule has 0 fully saturated rings. The molecule has 4 heteroatoms. The van der Waals surface area contributed by atoms with Gasteiger partial charge in [-0.3, -0.25) is 0 Å². The molecule has 1 unspecified atom stereocenters. The lowest BCUT2D eigenvalue weighted by atomic mass is 10.0. The fraction of sp³-hybridized carbons (Fsp3) is 0.500. The van der Waals surface area contributed by atoms with Crippen molar-refractivity contribution in [2.45, 2.75) is 31.8 Å². The highest BCUT2D eigenvalue weighted by atomic mass is 32.1. The monoisotopic (exact) mass is 209 g/mol. The van der Waals surface area contributed by atoms with Crippen LogP contribution in [0.3, 0.4) is 0 Å². The van der Waals surface area contributed by atoms with Crippen LogP contribution in [0.4, 0.5) is 5.13 Å². The molecule has 1 aromatic heterocycles. The van der Waals surface area contributed by atoms with E-state index < -0.39 is 0 Å². The summed E-state index contributed by atoms with van der Waals surface area (Å²) in [6.07, 6.45) is 9.94. The topological polar surface area (TPSA) is 50.9 Å². The quantitative estimate of drug-likeness (QED) is 0.748. The summed E-state index contributed by atoms with van der Waals surface area (Å²) < 4.78 is 0. The molecule has 1 aliphatic rings. The van der Waals surface area contributed by atoms with Gasteiger partial charge in [0.25, 0.3) is 0 Å². The van der Waals surface area contributed by atoms with Crippen LogP contribution in [0.5, 0.6) is 0 Å². The van der Waals surface area contributed by atoms with Crippen molar-refractivity contribution in [2.75, 3.05) is 5.73 Å². The van der Waals surface area contributed by atoms with Crippen molar-refractivity contribution < 1.29 is 0 Å². The summed E-state index contributed by atoms with van der Waals surface area (Å²) in [6.45, 7) is 0.896. The van der Waals surface area contributed by atoms with Crippen molar-refractivity contribution in [2.24, 2.45) is 0 Å². The summed E-state index contributed by atoms with van der Waals surface area (Å²) >= 11 is 1.56. The first kappa shape index (κ1) is 9.68. The predicted octanol–water partition coefficient (Wildman–Crippen LogP) is 1.92. The van der Waals surface area contributed by atoms with Gasteiger partial charge in [-0.15, -0.1) is 11.3 Å². The average molecular weight is 209 g/mol. The van der Waals surface area contributed by atoms with Crippen molar-refractivity contribution >= 4 is 16.5 Å². The van der Waals surface area contributed by atoms with E-state index in [-0.39, 0.29) is 0 Å². The smallest absolute Gasteiger partial charge is 0.180 e. The van der Waals surface area contributed by atoms with Gasteiger partial charge in [0, 0.05) is 23.7 Å². The molecule has 0 saturated carbocycles. The second kappa shape index (κ2) is 4.57. The van der Waals surface area contributed by atoms with Crippen molar-refractivity contribution in [1.29, 1.82) is 0 Å². The van der Waals surface area contributed by atoms with Crippen LogP contribution in [-0.2, 0) is 6.54 Å². The Balaban J connectivity index is 1.79. The van der Waals surface area contributed by atoms with E-state index in [4.69, 9.17) is 5.73 Å². The molecule has 0 aliphatic heterocycles. The molecule has 3 nitrogen and oxygen atoms in total. The van der Waals surface area contributed by atoms with E-state index >= 15 is 0 Å². The number of thiazole rings is 1. The minimum absolute atomic E-state index is 0.628. The van der Waals surface area contributed by atoms with Crippen LogP contribution in [0.2, 0.25) is 0 Å². The van der Waals surface area contributed by atoms with Gasteiger partial charge in [-0.1, -0.05) is 12.2 Å². The van der Waals surface area contributed by atoms with Gasteiger partial charge in [0.1, 0.15) is 0 Å². The summed E-state index contributed by atoms with van der Waals surface area (Å²) in [6, 6.07) is 0.628. The van der Waals surface area contributed by atoms with Gasteiger partial charge in [0.15, 0.2) is 5.13 Å². The molecule has 14 heavy (non-hydrogen) atoms. The van der Waals surface area contributed by atoms with E-state index in [1.807, 2.05) is 6.20 Å². The van der Waals surface area contributed by atoms with Gasteiger partial charge in [-0.2, -0.15) is 0 Å². The first-order valence-electron chi connectivity index (χ1n) is 4.93. The zero-order valence-electron chi connectivity index (χ0n) is 8.07. The van der Waals surface area contributed by atoms with Crippen LogP contribution in [0.25, 0.3) is 0 Å². The third-order valence-electron chi connectivity index (χ3n) is 2.41. The zero-order chi connectivity index (χ0) is 9.80. The lowest BCUT2D eigenvalue weighted by Crippen LogP contribution is -2.28. The fourth-order valence-corrected chi connectivity index (χ4v) is 2.26. The largest absolute Gasteiger partial charge is 0.375 e. The number of allylic oxidation sites excluding steroid dienone is 1. The number of hydrogen-bond donors (Lipinski definition) is 2. The van der Waals surface area contributed by atoms with Crippen LogP contribution in [-0.4, -0.2) is 11.0 Å². The second-order valence-corrected chi connectivity index (χ2v) is 4.67. The molecule has 1 aromatic rings. The lowest BCUT2D eigenvalue weighted by Gasteiger charge is -2.18. The summed E-state index contributed by atoms with van der Waals surface area (Å²) in [5.74, 6) is 0. The molecule has 1 heterocycles. The number of nitrogen functional groups attached to an aromatic ring is 1. The van der Waals surface area contributed by atoms with Gasteiger partial charge in [-0.25, -0.2) is 4.98 Å². The Labute approximate surface area is 88.0 Å². The number of hydrogen-bond acceptors (Lipinski definition) is 4. The van der Waals surface area contributed by atoms with E-state index in [1.54, 1.807) is 11.3 Å². The van der Waals surface area contributed by atoms with Gasteiger partial charge in [-0.05, 0) is 19.3 Å². The average Bonchev–Trinajstić information content (AvgIpc) is 2.63. The molecule has 2 rings (SSSR count). The molecule has 76 valence electrons. The Hall–Kier alpha value is -0.870. The van der Waals surface area contributed by atoms with Crippen LogP contribution in [0, 0.1) is 0 Å².